The van der Waals surface area contributed by atoms with Gasteiger partial charge in [-0.15, -0.1) is 12.6 Å². The number of hydrogen-bond acceptors (Lipinski definition) is 3. The molecule has 3 nitrogen and oxygen atoms in total. The number of hydrogen-bond donors (Lipinski definition) is 2. The third-order valence-electron chi connectivity index (χ3n) is 3.60. The number of nitrogen functional groups attached to an aromatic ring is 1. The van der Waals surface area contributed by atoms with Crippen molar-refractivity contribution in [2.45, 2.75) is 17.7 Å². The van der Waals surface area contributed by atoms with Crippen LogP contribution < -0.4 is 10.6 Å². The second-order valence-electron chi connectivity index (χ2n) is 5.25. The van der Waals surface area contributed by atoms with Gasteiger partial charge in [0.2, 0.25) is 5.91 Å². The lowest BCUT2D eigenvalue weighted by atomic mass is 10.0. The van der Waals surface area contributed by atoms with Gasteiger partial charge in [-0.25, -0.2) is 4.39 Å². The Labute approximate surface area is 151 Å². The molecular weight excluding hydrogens is 347 g/mol. The van der Waals surface area contributed by atoms with Gasteiger partial charge in [0.05, 0.1) is 16.4 Å². The van der Waals surface area contributed by atoms with Crippen molar-refractivity contribution in [2.75, 3.05) is 17.2 Å². The maximum atomic E-state index is 12.2. The number of amides is 1. The van der Waals surface area contributed by atoms with E-state index in [-0.39, 0.29) is 16.7 Å². The molecule has 1 aliphatic heterocycles. The van der Waals surface area contributed by atoms with E-state index in [0.717, 1.165) is 30.0 Å². The van der Waals surface area contributed by atoms with Gasteiger partial charge >= 0.3 is 0 Å². The lowest BCUT2D eigenvalue weighted by Gasteiger charge is -2.29. The molecule has 0 saturated heterocycles. The Balaban J connectivity index is 0.000000198. The zero-order valence-corrected chi connectivity index (χ0v) is 14.7. The maximum absolute atomic E-state index is 12.2. The number of rotatable bonds is 1. The summed E-state index contributed by atoms with van der Waals surface area (Å²) in [6.45, 7) is 4.28. The molecule has 0 radical (unpaired) electrons. The van der Waals surface area contributed by atoms with E-state index in [2.05, 4.69) is 25.3 Å². The molecular formula is C18H18ClFN2OS. The van der Waals surface area contributed by atoms with Crippen molar-refractivity contribution in [1.82, 2.24) is 0 Å². The number of thiol groups is 1. The van der Waals surface area contributed by atoms with E-state index in [1.165, 1.54) is 29.8 Å². The van der Waals surface area contributed by atoms with Crippen molar-refractivity contribution >= 4 is 41.5 Å². The van der Waals surface area contributed by atoms with E-state index in [0.29, 0.717) is 5.69 Å². The number of fused-ring (bicyclic) bond motifs is 1. The highest BCUT2D eigenvalue weighted by Crippen LogP contribution is 2.33. The zero-order chi connectivity index (χ0) is 17.7. The largest absolute Gasteiger partial charge is 0.398 e. The molecule has 1 aliphatic rings. The number of halogens is 2. The maximum Gasteiger partial charge on any atom is 0.250 e. The molecule has 0 fully saturated rings. The number of benzene rings is 2. The first kappa shape index (κ1) is 18.4. The van der Waals surface area contributed by atoms with Gasteiger partial charge in [-0.05, 0) is 48.7 Å². The van der Waals surface area contributed by atoms with Crippen molar-refractivity contribution in [3.05, 3.63) is 65.5 Å². The fraction of sp³-hybridized carbons (Fsp3) is 0.167. The van der Waals surface area contributed by atoms with Gasteiger partial charge in [0, 0.05) is 11.4 Å². The van der Waals surface area contributed by atoms with Crippen LogP contribution in [0.25, 0.3) is 0 Å². The van der Waals surface area contributed by atoms with Crippen LogP contribution in [0.3, 0.4) is 0 Å². The summed E-state index contributed by atoms with van der Waals surface area (Å²) in [5.41, 5.74) is 7.84. The Hall–Kier alpha value is -1.98. The predicted octanol–water partition coefficient (Wildman–Crippen LogP) is 4.50. The fourth-order valence-electron chi connectivity index (χ4n) is 2.46. The van der Waals surface area contributed by atoms with E-state index in [9.17, 15) is 9.18 Å². The second-order valence-corrected chi connectivity index (χ2v) is 6.14. The lowest BCUT2D eigenvalue weighted by molar-refractivity contribution is -0.114. The number of para-hydroxylation sites is 1. The molecule has 2 aromatic rings. The minimum absolute atomic E-state index is 0.0440. The fourth-order valence-corrected chi connectivity index (χ4v) is 2.98. The average Bonchev–Trinajstić information content (AvgIpc) is 2.58. The van der Waals surface area contributed by atoms with E-state index in [4.69, 9.17) is 17.3 Å². The van der Waals surface area contributed by atoms with Crippen LogP contribution >= 0.6 is 24.2 Å². The third-order valence-corrected chi connectivity index (χ3v) is 4.29. The predicted molar refractivity (Wildman–Crippen MR) is 100 cm³/mol. The van der Waals surface area contributed by atoms with E-state index in [1.807, 2.05) is 12.1 Å². The van der Waals surface area contributed by atoms with Crippen LogP contribution in [-0.4, -0.2) is 12.5 Å². The first-order valence-electron chi connectivity index (χ1n) is 7.39. The molecule has 6 heteroatoms. The van der Waals surface area contributed by atoms with Crippen LogP contribution in [0.15, 0.2) is 53.9 Å². The van der Waals surface area contributed by atoms with Crippen molar-refractivity contribution in [3.8, 4) is 0 Å². The Morgan fingerprint density at radius 2 is 2.12 bits per heavy atom. The molecule has 3 rings (SSSR count). The molecule has 24 heavy (non-hydrogen) atoms. The summed E-state index contributed by atoms with van der Waals surface area (Å²) in [5.74, 6) is -0.411. The highest BCUT2D eigenvalue weighted by atomic mass is 35.5. The Morgan fingerprint density at radius 3 is 2.75 bits per heavy atom. The van der Waals surface area contributed by atoms with E-state index in [1.54, 1.807) is 4.90 Å². The van der Waals surface area contributed by atoms with Gasteiger partial charge in [-0.3, -0.25) is 4.79 Å². The Bertz CT molecular complexity index is 767. The number of nitrogens with two attached hydrogens (primary N) is 1. The summed E-state index contributed by atoms with van der Waals surface area (Å²) in [4.78, 5) is 14.3. The highest BCUT2D eigenvalue weighted by molar-refractivity contribution is 7.80. The summed E-state index contributed by atoms with van der Waals surface area (Å²) >= 11 is 9.85. The van der Waals surface area contributed by atoms with E-state index >= 15 is 0 Å². The average molecular weight is 365 g/mol. The van der Waals surface area contributed by atoms with Crippen LogP contribution in [-0.2, 0) is 11.2 Å². The number of anilines is 2. The topological polar surface area (TPSA) is 46.3 Å². The molecule has 0 atom stereocenters. The molecule has 1 heterocycles. The SMILES string of the molecule is C=CC(=O)N1CCCc2cccc(S)c21.Nc1ccc(F)cc1Cl. The molecule has 0 aromatic heterocycles. The molecule has 2 N–H and O–H groups in total. The minimum atomic E-state index is -0.366. The summed E-state index contributed by atoms with van der Waals surface area (Å²) in [6, 6.07) is 9.81. The zero-order valence-electron chi connectivity index (χ0n) is 13.0. The molecule has 0 unspecified atom stereocenters. The van der Waals surface area contributed by atoms with Crippen LogP contribution in [0.1, 0.15) is 12.0 Å². The van der Waals surface area contributed by atoms with Gasteiger partial charge in [0.1, 0.15) is 5.82 Å². The van der Waals surface area contributed by atoms with Gasteiger partial charge < -0.3 is 10.6 Å². The van der Waals surface area contributed by atoms with Crippen molar-refractivity contribution in [1.29, 1.82) is 0 Å². The Kier molecular flexibility index (Phi) is 6.29. The monoisotopic (exact) mass is 364 g/mol. The molecule has 0 spiro atoms. The number of aryl methyl sites for hydroxylation is 1. The molecule has 126 valence electrons. The van der Waals surface area contributed by atoms with Gasteiger partial charge in [0.15, 0.2) is 0 Å². The molecule has 0 saturated carbocycles. The third kappa shape index (κ3) is 4.30. The molecule has 0 bridgehead atoms. The first-order valence-corrected chi connectivity index (χ1v) is 8.22. The standard InChI is InChI=1S/C12H13NOS.C6H5ClFN/c1-2-11(14)13-8-4-6-9-5-3-7-10(15)12(9)13;7-5-3-4(8)1-2-6(5)9/h2-3,5,7,15H,1,4,6,8H2;1-3H,9H2. The van der Waals surface area contributed by atoms with Gasteiger partial charge in [-0.1, -0.05) is 30.3 Å². The van der Waals surface area contributed by atoms with Crippen LogP contribution in [0.5, 0.6) is 0 Å². The van der Waals surface area contributed by atoms with Gasteiger partial charge in [-0.2, -0.15) is 0 Å². The summed E-state index contributed by atoms with van der Waals surface area (Å²) in [6.07, 6.45) is 3.38. The lowest BCUT2D eigenvalue weighted by Crippen LogP contribution is -2.34. The van der Waals surface area contributed by atoms with E-state index < -0.39 is 0 Å². The summed E-state index contributed by atoms with van der Waals surface area (Å²) < 4.78 is 12.2. The first-order chi connectivity index (χ1) is 11.4. The summed E-state index contributed by atoms with van der Waals surface area (Å²) in [7, 11) is 0. The van der Waals surface area contributed by atoms with Crippen molar-refractivity contribution in [2.24, 2.45) is 0 Å². The second kappa shape index (κ2) is 8.22. The number of carbonyl (C=O) groups excluding carboxylic acids is 1. The van der Waals surface area contributed by atoms with Gasteiger partial charge in [0.25, 0.3) is 0 Å². The quantitative estimate of drug-likeness (QED) is 0.444. The highest BCUT2D eigenvalue weighted by Gasteiger charge is 2.22. The summed E-state index contributed by atoms with van der Waals surface area (Å²) in [5, 5.41) is 0.259. The molecule has 2 aromatic carbocycles. The van der Waals surface area contributed by atoms with Crippen molar-refractivity contribution in [3.63, 3.8) is 0 Å². The Morgan fingerprint density at radius 1 is 1.38 bits per heavy atom. The van der Waals surface area contributed by atoms with Crippen LogP contribution in [0, 0.1) is 5.82 Å². The smallest absolute Gasteiger partial charge is 0.250 e. The molecule has 0 aliphatic carbocycles. The van der Waals surface area contributed by atoms with Crippen LogP contribution in [0.4, 0.5) is 15.8 Å². The number of carbonyl (C=O) groups is 1. The number of nitrogens with zero attached hydrogens (tertiary/aromatic N) is 1. The van der Waals surface area contributed by atoms with Crippen LogP contribution in [0.2, 0.25) is 5.02 Å². The van der Waals surface area contributed by atoms with Crippen molar-refractivity contribution < 1.29 is 9.18 Å². The normalized spacial score (nSPS) is 12.7. The minimum Gasteiger partial charge on any atom is -0.398 e. The molecule has 1 amide bonds.